The van der Waals surface area contributed by atoms with Gasteiger partial charge in [-0.05, 0) is 25.7 Å². The second-order valence-corrected chi connectivity index (χ2v) is 5.67. The standard InChI is InChI=1S/C11H18BrNO2/c12-8-4-3-7-13(11(8)15)9-5-1-2-6-10(9)14/h8-10,14H,1-7H2. The molecule has 0 bridgehead atoms. The van der Waals surface area contributed by atoms with E-state index in [1.54, 1.807) is 0 Å². The van der Waals surface area contributed by atoms with Crippen LogP contribution in [0.1, 0.15) is 38.5 Å². The SMILES string of the molecule is O=C1C(Br)CCCN1C1CCCCC1O. The number of carbonyl (C=O) groups is 1. The minimum absolute atomic E-state index is 0.0274. The van der Waals surface area contributed by atoms with Crippen LogP contribution in [0, 0.1) is 0 Å². The van der Waals surface area contributed by atoms with Gasteiger partial charge in [-0.2, -0.15) is 0 Å². The molecule has 1 N–H and O–H groups in total. The topological polar surface area (TPSA) is 40.5 Å². The van der Waals surface area contributed by atoms with Crippen LogP contribution in [0.25, 0.3) is 0 Å². The molecule has 0 aromatic rings. The number of halogens is 1. The van der Waals surface area contributed by atoms with Gasteiger partial charge in [0.1, 0.15) is 0 Å². The molecule has 2 rings (SSSR count). The van der Waals surface area contributed by atoms with Gasteiger partial charge in [0.05, 0.1) is 17.0 Å². The number of alkyl halides is 1. The van der Waals surface area contributed by atoms with Crippen molar-refractivity contribution in [2.75, 3.05) is 6.54 Å². The monoisotopic (exact) mass is 275 g/mol. The first-order valence-corrected chi connectivity index (χ1v) is 6.74. The van der Waals surface area contributed by atoms with E-state index in [-0.39, 0.29) is 22.9 Å². The van der Waals surface area contributed by atoms with Crippen molar-refractivity contribution in [3.05, 3.63) is 0 Å². The molecular weight excluding hydrogens is 258 g/mol. The summed E-state index contributed by atoms with van der Waals surface area (Å²) in [6.07, 6.45) is 5.72. The van der Waals surface area contributed by atoms with Gasteiger partial charge in [0, 0.05) is 6.54 Å². The number of amides is 1. The predicted octanol–water partition coefficient (Wildman–Crippen LogP) is 1.68. The van der Waals surface area contributed by atoms with E-state index in [9.17, 15) is 9.90 Å². The van der Waals surface area contributed by atoms with Gasteiger partial charge in [0.15, 0.2) is 0 Å². The number of aliphatic hydroxyl groups is 1. The highest BCUT2D eigenvalue weighted by Crippen LogP contribution is 2.28. The highest BCUT2D eigenvalue weighted by molar-refractivity contribution is 9.10. The number of hydrogen-bond acceptors (Lipinski definition) is 2. The van der Waals surface area contributed by atoms with Gasteiger partial charge in [0.25, 0.3) is 0 Å². The third-order valence-electron chi connectivity index (χ3n) is 3.50. The van der Waals surface area contributed by atoms with Gasteiger partial charge in [-0.1, -0.05) is 28.8 Å². The summed E-state index contributed by atoms with van der Waals surface area (Å²) in [5.74, 6) is 0.173. The molecule has 1 saturated carbocycles. The van der Waals surface area contributed by atoms with Crippen molar-refractivity contribution in [1.82, 2.24) is 4.90 Å². The highest BCUT2D eigenvalue weighted by atomic mass is 79.9. The largest absolute Gasteiger partial charge is 0.391 e. The molecule has 2 aliphatic rings. The molecular formula is C11H18BrNO2. The van der Waals surface area contributed by atoms with Gasteiger partial charge in [-0.3, -0.25) is 4.79 Å². The summed E-state index contributed by atoms with van der Waals surface area (Å²) < 4.78 is 0. The van der Waals surface area contributed by atoms with Crippen LogP contribution < -0.4 is 0 Å². The van der Waals surface area contributed by atoms with Crippen molar-refractivity contribution >= 4 is 21.8 Å². The molecule has 3 atom stereocenters. The van der Waals surface area contributed by atoms with E-state index in [4.69, 9.17) is 0 Å². The lowest BCUT2D eigenvalue weighted by molar-refractivity contribution is -0.139. The molecule has 3 nitrogen and oxygen atoms in total. The Kier molecular flexibility index (Phi) is 3.67. The molecule has 1 heterocycles. The van der Waals surface area contributed by atoms with Crippen LogP contribution >= 0.6 is 15.9 Å². The van der Waals surface area contributed by atoms with Crippen molar-refractivity contribution in [3.63, 3.8) is 0 Å². The zero-order chi connectivity index (χ0) is 10.8. The zero-order valence-corrected chi connectivity index (χ0v) is 10.4. The Balaban J connectivity index is 2.04. The average Bonchev–Trinajstić information content (AvgIpc) is 2.23. The van der Waals surface area contributed by atoms with E-state index in [1.807, 2.05) is 4.90 Å². The lowest BCUT2D eigenvalue weighted by atomic mass is 9.90. The van der Waals surface area contributed by atoms with Crippen LogP contribution in [0.2, 0.25) is 0 Å². The maximum Gasteiger partial charge on any atom is 0.236 e. The van der Waals surface area contributed by atoms with E-state index >= 15 is 0 Å². The molecule has 3 unspecified atom stereocenters. The summed E-state index contributed by atoms with van der Waals surface area (Å²) in [4.78, 5) is 13.8. The summed E-state index contributed by atoms with van der Waals surface area (Å²) in [5.41, 5.74) is 0. The molecule has 1 aliphatic carbocycles. The maximum absolute atomic E-state index is 11.9. The van der Waals surface area contributed by atoms with Crippen LogP contribution in [-0.2, 0) is 4.79 Å². The Morgan fingerprint density at radius 2 is 1.93 bits per heavy atom. The molecule has 0 aromatic heterocycles. The number of aliphatic hydroxyl groups excluding tert-OH is 1. The first-order chi connectivity index (χ1) is 7.20. The fourth-order valence-corrected chi connectivity index (χ4v) is 3.23. The number of carbonyl (C=O) groups excluding carboxylic acids is 1. The van der Waals surface area contributed by atoms with Gasteiger partial charge in [0.2, 0.25) is 5.91 Å². The molecule has 0 radical (unpaired) electrons. The number of piperidine rings is 1. The van der Waals surface area contributed by atoms with E-state index in [2.05, 4.69) is 15.9 Å². The van der Waals surface area contributed by atoms with Crippen LogP contribution in [0.3, 0.4) is 0 Å². The summed E-state index contributed by atoms with van der Waals surface area (Å²) in [7, 11) is 0. The number of nitrogens with zero attached hydrogens (tertiary/aromatic N) is 1. The lowest BCUT2D eigenvalue weighted by Gasteiger charge is -2.40. The Labute approximate surface area is 99.0 Å². The highest BCUT2D eigenvalue weighted by Gasteiger charge is 2.36. The van der Waals surface area contributed by atoms with E-state index < -0.39 is 0 Å². The summed E-state index contributed by atoms with van der Waals surface area (Å²) in [6.45, 7) is 0.822. The van der Waals surface area contributed by atoms with E-state index in [0.29, 0.717) is 0 Å². The zero-order valence-electron chi connectivity index (χ0n) is 8.86. The molecule has 0 aromatic carbocycles. The van der Waals surface area contributed by atoms with Crippen molar-refractivity contribution in [3.8, 4) is 0 Å². The number of rotatable bonds is 1. The van der Waals surface area contributed by atoms with Crippen molar-refractivity contribution in [2.45, 2.75) is 55.5 Å². The third kappa shape index (κ3) is 2.36. The van der Waals surface area contributed by atoms with Crippen molar-refractivity contribution in [1.29, 1.82) is 0 Å². The predicted molar refractivity (Wildman–Crippen MR) is 61.9 cm³/mol. The second kappa shape index (κ2) is 4.83. The fraction of sp³-hybridized carbons (Fsp3) is 0.909. The maximum atomic E-state index is 11.9. The molecule has 86 valence electrons. The van der Waals surface area contributed by atoms with Crippen molar-refractivity contribution < 1.29 is 9.90 Å². The average molecular weight is 276 g/mol. The Bertz CT molecular complexity index is 247. The van der Waals surface area contributed by atoms with E-state index in [1.165, 1.54) is 0 Å². The van der Waals surface area contributed by atoms with Gasteiger partial charge in [-0.15, -0.1) is 0 Å². The third-order valence-corrected chi connectivity index (χ3v) is 4.35. The second-order valence-electron chi connectivity index (χ2n) is 4.56. The molecule has 1 amide bonds. The molecule has 2 fully saturated rings. The Morgan fingerprint density at radius 1 is 1.20 bits per heavy atom. The minimum Gasteiger partial charge on any atom is -0.391 e. The number of hydrogen-bond donors (Lipinski definition) is 1. The summed E-state index contributed by atoms with van der Waals surface area (Å²) >= 11 is 3.41. The summed E-state index contributed by atoms with van der Waals surface area (Å²) in [5, 5.41) is 9.92. The smallest absolute Gasteiger partial charge is 0.236 e. The van der Waals surface area contributed by atoms with Crippen LogP contribution in [0.4, 0.5) is 0 Å². The van der Waals surface area contributed by atoms with Crippen molar-refractivity contribution in [2.24, 2.45) is 0 Å². The summed E-state index contributed by atoms with van der Waals surface area (Å²) in [6, 6.07) is 0.0756. The molecule has 1 saturated heterocycles. The fourth-order valence-electron chi connectivity index (χ4n) is 2.64. The number of likely N-dealkylation sites (tertiary alicyclic amines) is 1. The molecule has 15 heavy (non-hydrogen) atoms. The molecule has 0 spiro atoms. The van der Waals surface area contributed by atoms with Gasteiger partial charge >= 0.3 is 0 Å². The Hall–Kier alpha value is -0.0900. The Morgan fingerprint density at radius 3 is 2.67 bits per heavy atom. The van der Waals surface area contributed by atoms with Gasteiger partial charge in [-0.25, -0.2) is 0 Å². The minimum atomic E-state index is -0.305. The van der Waals surface area contributed by atoms with Crippen LogP contribution in [0.5, 0.6) is 0 Å². The molecule has 1 aliphatic heterocycles. The normalized spacial score (nSPS) is 38.1. The lowest BCUT2D eigenvalue weighted by Crippen LogP contribution is -2.53. The quantitative estimate of drug-likeness (QED) is 0.740. The van der Waals surface area contributed by atoms with Crippen LogP contribution in [-0.4, -0.2) is 39.4 Å². The first kappa shape index (κ1) is 11.4. The van der Waals surface area contributed by atoms with E-state index in [0.717, 1.165) is 45.1 Å². The van der Waals surface area contributed by atoms with Gasteiger partial charge < -0.3 is 10.0 Å². The molecule has 4 heteroatoms. The van der Waals surface area contributed by atoms with Crippen LogP contribution in [0.15, 0.2) is 0 Å². The first-order valence-electron chi connectivity index (χ1n) is 5.83.